The van der Waals surface area contributed by atoms with Crippen molar-refractivity contribution in [2.24, 2.45) is 0 Å². The number of fused-ring (bicyclic) bond motifs is 2. The van der Waals surface area contributed by atoms with E-state index >= 15 is 8.78 Å². The molecule has 2 aliphatic carbocycles. The van der Waals surface area contributed by atoms with Crippen LogP contribution in [0.2, 0.25) is 0 Å². The van der Waals surface area contributed by atoms with Gasteiger partial charge in [0.1, 0.15) is 23.5 Å². The lowest BCUT2D eigenvalue weighted by atomic mass is 9.90. The van der Waals surface area contributed by atoms with Gasteiger partial charge in [0.05, 0.1) is 37.4 Å². The maximum Gasteiger partial charge on any atom is 0.387 e. The quantitative estimate of drug-likeness (QED) is 0.172. The first-order chi connectivity index (χ1) is 21.7. The molecular weight excluding hydrogens is 584 g/mol. The Morgan fingerprint density at radius 1 is 0.733 bits per heavy atom. The van der Waals surface area contributed by atoms with Gasteiger partial charge in [-0.25, -0.2) is 33.8 Å². The molecule has 7 nitrogen and oxygen atoms in total. The second-order valence-corrected chi connectivity index (χ2v) is 9.49. The minimum absolute atomic E-state index is 0.0469. The van der Waals surface area contributed by atoms with Crippen LogP contribution < -0.4 is 4.74 Å². The lowest BCUT2D eigenvalue weighted by Gasteiger charge is -2.15. The van der Waals surface area contributed by atoms with Crippen LogP contribution in [0.5, 0.6) is 5.75 Å². The van der Waals surface area contributed by atoms with E-state index in [1.807, 2.05) is 6.07 Å². The molecule has 0 spiro atoms. The number of halogens is 4. The van der Waals surface area contributed by atoms with E-state index < -0.39 is 68.7 Å². The molecule has 0 aliphatic heterocycles. The second-order valence-electron chi connectivity index (χ2n) is 9.49. The molecule has 5 rings (SSSR count). The number of alkyl halides is 2. The molecule has 0 unspecified atom stereocenters. The lowest BCUT2D eigenvalue weighted by molar-refractivity contribution is -0.0498. The minimum atomic E-state index is -3.14. The van der Waals surface area contributed by atoms with Crippen molar-refractivity contribution in [2.45, 2.75) is 13.5 Å². The fraction of sp³-hybridized carbons (Fsp3) is 0.0588. The monoisotopic (exact) mass is 596 g/mol. The smallest absolute Gasteiger partial charge is 0.387 e. The number of aryl methyl sites for hydroxylation is 1. The van der Waals surface area contributed by atoms with Gasteiger partial charge in [0, 0.05) is 27.8 Å². The molecule has 0 heterocycles. The number of rotatable bonds is 4. The normalized spacial score (nSPS) is 15.2. The maximum absolute atomic E-state index is 17.1. The van der Waals surface area contributed by atoms with Crippen molar-refractivity contribution in [1.82, 2.24) is 0 Å². The molecule has 0 saturated carbocycles. The highest BCUT2D eigenvalue weighted by Crippen LogP contribution is 2.57. The van der Waals surface area contributed by atoms with Crippen molar-refractivity contribution < 1.29 is 22.3 Å². The summed E-state index contributed by atoms with van der Waals surface area (Å²) >= 11 is 0. The molecular formula is C34H12F4N6O. The highest BCUT2D eigenvalue weighted by Gasteiger charge is 2.43. The highest BCUT2D eigenvalue weighted by atomic mass is 19.3. The average molecular weight is 597 g/mol. The summed E-state index contributed by atoms with van der Waals surface area (Å²) in [4.78, 5) is 9.88. The van der Waals surface area contributed by atoms with Gasteiger partial charge in [0.2, 0.25) is 5.70 Å². The first-order valence-corrected chi connectivity index (χ1v) is 12.7. The van der Waals surface area contributed by atoms with Crippen molar-refractivity contribution in [3.63, 3.8) is 0 Å². The molecule has 0 N–H and O–H groups in total. The fourth-order valence-corrected chi connectivity index (χ4v) is 5.42. The molecule has 3 aromatic rings. The summed E-state index contributed by atoms with van der Waals surface area (Å²) in [5.41, 5.74) is -4.62. The molecule has 0 aromatic heterocycles. The first-order valence-electron chi connectivity index (χ1n) is 12.7. The standard InChI is InChI=1S/C34H12F4N6O/c1-16-5-7-18(8-6-16)24-27(22(15-41)43-3)29-30(33(24)44-4)31(35)25-20(13-39)23(17-9-11-19(12-10-17)45-34(37)38)26(21(14-40)42-2)28(25)32(29)36/h5-12,34H,1H3/b26-21-,27-22+. The number of ether oxygens (including phenoxy) is 1. The number of nitriles is 3. The summed E-state index contributed by atoms with van der Waals surface area (Å²) in [6.07, 6.45) is 0. The van der Waals surface area contributed by atoms with Crippen LogP contribution in [0, 0.1) is 72.3 Å². The van der Waals surface area contributed by atoms with Gasteiger partial charge in [-0.15, -0.1) is 0 Å². The zero-order chi connectivity index (χ0) is 32.6. The van der Waals surface area contributed by atoms with Gasteiger partial charge in [-0.2, -0.15) is 14.0 Å². The van der Waals surface area contributed by atoms with Crippen LogP contribution >= 0.6 is 0 Å². The van der Waals surface area contributed by atoms with Crippen LogP contribution in [0.1, 0.15) is 38.9 Å². The van der Waals surface area contributed by atoms with E-state index in [4.69, 9.17) is 19.7 Å². The van der Waals surface area contributed by atoms with Crippen LogP contribution in [0.4, 0.5) is 17.6 Å². The number of benzene rings is 3. The number of hydrogen-bond acceptors (Lipinski definition) is 4. The Kier molecular flexibility index (Phi) is 7.49. The van der Waals surface area contributed by atoms with Crippen LogP contribution in [0.3, 0.4) is 0 Å². The van der Waals surface area contributed by atoms with Crippen molar-refractivity contribution in [1.29, 1.82) is 15.8 Å². The summed E-state index contributed by atoms with van der Waals surface area (Å²) in [6.45, 7) is 21.8. The van der Waals surface area contributed by atoms with E-state index in [1.165, 1.54) is 12.1 Å². The van der Waals surface area contributed by atoms with Gasteiger partial charge in [0.25, 0.3) is 11.4 Å². The molecule has 2 aliphatic rings. The molecule has 45 heavy (non-hydrogen) atoms. The van der Waals surface area contributed by atoms with Crippen LogP contribution in [-0.4, -0.2) is 6.61 Å². The van der Waals surface area contributed by atoms with Gasteiger partial charge in [-0.05, 0) is 46.9 Å². The van der Waals surface area contributed by atoms with E-state index in [1.54, 1.807) is 43.3 Å². The third kappa shape index (κ3) is 4.47. The average Bonchev–Trinajstić information content (AvgIpc) is 3.56. The van der Waals surface area contributed by atoms with Crippen molar-refractivity contribution in [3.8, 4) is 24.0 Å². The largest absolute Gasteiger partial charge is 0.435 e. The number of allylic oxidation sites excluding steroid dienone is 7. The third-order valence-electron chi connectivity index (χ3n) is 7.19. The molecule has 212 valence electrons. The number of hydrogen-bond donors (Lipinski definition) is 0. The summed E-state index contributed by atoms with van der Waals surface area (Å²) < 4.78 is 63.7. The van der Waals surface area contributed by atoms with Gasteiger partial charge in [0.15, 0.2) is 0 Å². The Bertz CT molecular complexity index is 2200. The first kappa shape index (κ1) is 29.6. The molecule has 0 fully saturated rings. The SMILES string of the molecule is [C-]#[N+]C1=C(c2ccc(C)cc2)/C(=C(/C#N)[N+]#[C-])c2c(F)c3c(c(F)c21)C(C#N)=C(c1ccc(OC(F)F)cc1)/C3=C(\C#N)[N+]#[C-]. The fourth-order valence-electron chi connectivity index (χ4n) is 5.42. The van der Waals surface area contributed by atoms with Gasteiger partial charge >= 0.3 is 6.61 Å². The van der Waals surface area contributed by atoms with Crippen LogP contribution in [-0.2, 0) is 0 Å². The zero-order valence-electron chi connectivity index (χ0n) is 22.8. The van der Waals surface area contributed by atoms with E-state index in [0.717, 1.165) is 17.7 Å². The minimum Gasteiger partial charge on any atom is -0.435 e. The Labute approximate surface area is 253 Å². The van der Waals surface area contributed by atoms with Gasteiger partial charge in [-0.1, -0.05) is 42.0 Å². The van der Waals surface area contributed by atoms with E-state index in [2.05, 4.69) is 19.3 Å². The summed E-state index contributed by atoms with van der Waals surface area (Å²) in [5.74, 6) is -2.76. The third-order valence-corrected chi connectivity index (χ3v) is 7.19. The Hall–Kier alpha value is -6.92. The molecule has 11 heteroatoms. The Morgan fingerprint density at radius 3 is 1.71 bits per heavy atom. The van der Waals surface area contributed by atoms with Crippen molar-refractivity contribution in [2.75, 3.05) is 0 Å². The molecule has 0 bridgehead atoms. The van der Waals surface area contributed by atoms with Gasteiger partial charge in [-0.3, -0.25) is 0 Å². The molecule has 3 aromatic carbocycles. The predicted molar refractivity (Wildman–Crippen MR) is 155 cm³/mol. The van der Waals surface area contributed by atoms with Gasteiger partial charge < -0.3 is 4.74 Å². The predicted octanol–water partition coefficient (Wildman–Crippen LogP) is 8.43. The van der Waals surface area contributed by atoms with E-state index in [-0.39, 0.29) is 28.0 Å². The lowest BCUT2D eigenvalue weighted by Crippen LogP contribution is -2.05. The second kappa shape index (κ2) is 11.4. The zero-order valence-corrected chi connectivity index (χ0v) is 22.8. The maximum atomic E-state index is 17.1. The number of nitrogens with zero attached hydrogens (tertiary/aromatic N) is 6. The highest BCUT2D eigenvalue weighted by molar-refractivity contribution is 6.29. The molecule has 0 amide bonds. The molecule has 0 radical (unpaired) electrons. The van der Waals surface area contributed by atoms with E-state index in [9.17, 15) is 24.6 Å². The summed E-state index contributed by atoms with van der Waals surface area (Å²) in [5, 5.41) is 30.0. The molecule has 0 saturated heterocycles. The van der Waals surface area contributed by atoms with E-state index in [0.29, 0.717) is 5.56 Å². The van der Waals surface area contributed by atoms with Crippen molar-refractivity contribution >= 4 is 33.6 Å². The van der Waals surface area contributed by atoms with Crippen LogP contribution in [0.25, 0.3) is 48.1 Å². The Morgan fingerprint density at radius 2 is 1.22 bits per heavy atom. The molecule has 0 atom stereocenters. The van der Waals surface area contributed by atoms with Crippen molar-refractivity contribution in [3.05, 3.63) is 145 Å². The van der Waals surface area contributed by atoms with Crippen LogP contribution in [0.15, 0.2) is 59.9 Å². The summed E-state index contributed by atoms with van der Waals surface area (Å²) in [6, 6.07) is 16.3. The summed E-state index contributed by atoms with van der Waals surface area (Å²) in [7, 11) is 0. The topological polar surface area (TPSA) is 93.7 Å². The Balaban J connectivity index is 1.96.